The van der Waals surface area contributed by atoms with Gasteiger partial charge in [0.25, 0.3) is 0 Å². The molecule has 0 saturated carbocycles. The van der Waals surface area contributed by atoms with Gasteiger partial charge in [-0.3, -0.25) is 53.7 Å². The average molecular weight is 2440 g/mol. The summed E-state index contributed by atoms with van der Waals surface area (Å²) in [7, 11) is 0. The summed E-state index contributed by atoms with van der Waals surface area (Å²) in [6, 6.07) is 77.9. The molecule has 0 bridgehead atoms. The maximum atomic E-state index is 10.7. The molecule has 0 spiro atoms. The molecule has 8 heterocycles. The Kier molecular flexibility index (Phi) is 51.1. The second kappa shape index (κ2) is 61.2. The fourth-order valence-corrected chi connectivity index (χ4v) is 15.2. The topological polar surface area (TPSA) is 417 Å². The first kappa shape index (κ1) is 125. The van der Waals surface area contributed by atoms with Crippen LogP contribution in [0.5, 0.6) is 69.0 Å². The fraction of sp³-hybridized carbons (Fsp3) is 0.153. The Hall–Kier alpha value is -11.6. The molecule has 0 saturated heterocycles. The normalized spacial score (nSPS) is 12.3. The fourth-order valence-electron chi connectivity index (χ4n) is 15.2. The van der Waals surface area contributed by atoms with Crippen molar-refractivity contribution in [1.29, 1.82) is 0 Å². The van der Waals surface area contributed by atoms with Gasteiger partial charge in [0.15, 0.2) is 0 Å². The van der Waals surface area contributed by atoms with Crippen LogP contribution in [-0.2, 0) is 235 Å². The van der Waals surface area contributed by atoms with Gasteiger partial charge in [0, 0.05) is 303 Å². The molecular formula is C118H100N14O12Y6-12. The van der Waals surface area contributed by atoms with Gasteiger partial charge in [-0.25, -0.2) is 11.4 Å². The van der Waals surface area contributed by atoms with Crippen LogP contribution in [0.2, 0.25) is 0 Å². The number of hydrogen-bond acceptors (Lipinski definition) is 26. The van der Waals surface area contributed by atoms with Crippen LogP contribution < -0.4 is 0 Å². The van der Waals surface area contributed by atoms with E-state index in [2.05, 4.69) is 144 Å². The zero-order chi connectivity index (χ0) is 103. The van der Waals surface area contributed by atoms with Gasteiger partial charge in [0.05, 0.1) is 103 Å². The molecular weight excluding hydrogens is 2340 g/mol. The number of hydrogen-bond donors (Lipinski definition) is 12. The Labute approximate surface area is 1020 Å². The molecule has 32 heteroatoms. The summed E-state index contributed by atoms with van der Waals surface area (Å²) in [6.45, 7) is 24.0. The van der Waals surface area contributed by atoms with E-state index in [9.17, 15) is 61.3 Å². The molecule has 2 aromatic heterocycles. The van der Waals surface area contributed by atoms with Gasteiger partial charge in [0.1, 0.15) is 0 Å². The monoisotopic (exact) mass is 2440 g/mol. The first-order chi connectivity index (χ1) is 70.2. The van der Waals surface area contributed by atoms with Crippen molar-refractivity contribution in [2.45, 2.75) is 122 Å². The number of phenolic OH excluding ortho intramolecular Hbond substituents is 12. The molecule has 0 aliphatic carbocycles. The Balaban J connectivity index is 0.000000284. The zero-order valence-corrected chi connectivity index (χ0v) is 101. The zero-order valence-electron chi connectivity index (χ0n) is 84.4. The predicted octanol–water partition coefficient (Wildman–Crippen LogP) is 25.1. The second-order valence-corrected chi connectivity index (χ2v) is 30.7. The first-order valence-electron chi connectivity index (χ1n) is 46.9. The van der Waals surface area contributed by atoms with E-state index in [0.717, 1.165) is 67.5 Å². The van der Waals surface area contributed by atoms with E-state index in [4.69, 9.17) is 0 Å². The molecule has 12 N–H and O–H groups in total. The number of aliphatic imine (C=N–C) groups is 12. The van der Waals surface area contributed by atoms with Gasteiger partial charge < -0.3 is 144 Å². The number of rotatable bonds is 18. The quantitative estimate of drug-likeness (QED) is 0.0216. The summed E-state index contributed by atoms with van der Waals surface area (Å²) in [4.78, 5) is 60.4. The molecule has 26 nitrogen and oxygen atoms in total. The number of phenols is 12. The van der Waals surface area contributed by atoms with Crippen LogP contribution in [0.4, 0.5) is 68.4 Å². The molecule has 21 rings (SSSR count). The van der Waals surface area contributed by atoms with Gasteiger partial charge >= 0.3 is 0 Å². The van der Waals surface area contributed by atoms with Crippen LogP contribution in [0.1, 0.15) is 183 Å². The molecule has 6 aliphatic rings. The summed E-state index contributed by atoms with van der Waals surface area (Å²) in [5.41, 5.74) is 20.4. The van der Waals surface area contributed by atoms with E-state index in [1.54, 1.807) is 6.07 Å². The number of aromatic hydroxyl groups is 12. The van der Waals surface area contributed by atoms with Crippen LogP contribution in [0.15, 0.2) is 303 Å². The van der Waals surface area contributed by atoms with Gasteiger partial charge in [-0.05, 0) is 113 Å². The summed E-state index contributed by atoms with van der Waals surface area (Å²) in [5, 5.41) is 128. The number of fused-ring (bicyclic) bond motifs is 6. The molecule has 0 unspecified atom stereocenters. The smallest absolute Gasteiger partial charge is 0.0835 e. The predicted molar refractivity (Wildman–Crippen MR) is 570 cm³/mol. The Morgan fingerprint density at radius 3 is 0.633 bits per heavy atom. The van der Waals surface area contributed by atoms with E-state index >= 15 is 0 Å². The van der Waals surface area contributed by atoms with E-state index in [-0.39, 0.29) is 322 Å². The van der Waals surface area contributed by atoms with Crippen molar-refractivity contribution in [3.05, 3.63) is 380 Å². The van der Waals surface area contributed by atoms with Gasteiger partial charge in [0.2, 0.25) is 0 Å². The molecule has 6 radical (unpaired) electrons. The molecule has 15 aromatic rings. The minimum atomic E-state index is -0.131. The van der Waals surface area contributed by atoms with Gasteiger partial charge in [-0.15, -0.1) is 0 Å². The largest absolute Gasteiger partial charge is 0.559 e. The molecule has 744 valence electrons. The number of nitrogens with zero attached hydrogens (tertiary/aromatic N) is 14. The minimum absolute atomic E-state index is 0. The summed E-state index contributed by atoms with van der Waals surface area (Å²) >= 11 is 0. The summed E-state index contributed by atoms with van der Waals surface area (Å²) in [6.07, 6.45) is 27.6. The summed E-state index contributed by atoms with van der Waals surface area (Å²) < 4.78 is 0. The Morgan fingerprint density at radius 1 is 0.220 bits per heavy atom. The van der Waals surface area contributed by atoms with Crippen molar-refractivity contribution in [3.63, 3.8) is 0 Å². The van der Waals surface area contributed by atoms with Crippen molar-refractivity contribution in [2.24, 2.45) is 59.9 Å². The van der Waals surface area contributed by atoms with E-state index in [1.807, 2.05) is 229 Å². The SMILES string of the molecule is CC.CC.CC.CC.CC.CC.Oc1cc(C2=Nc3ccccc3C2)c(O)cc1[C-]=Nc1[c-]c[c-]c(N=[C-]c2cc(O)c(C3=Nc4ccccc4C3)cc2O)c1.Oc1cc(C2=Nc3ccccc3C2)c(O)cc1[C-]=Nc1[c-]n[c-]c(N=[C-]c2cc(O)c(C3=Nc4ccccc4C3)cc2O)c1.Oc1cc(C2=Nc3ccccc3C2)c(O)cc1[C-]=Nc1[c-]nc(N=[C-]c2cc(O)c(C3=Nc4ccccc4C3)cc2O)[c-]c1.[Y].[Y].[Y].[Y].[Y].[Y]. The average Bonchev–Trinajstić information content (AvgIpc) is 1.71. The standard InChI is InChI=1S/C36H22N4O4.2C35H21N5O4.6C2H6.6Y/c41-33-17-27(31-12-21-6-1-3-10-29(21)39-31)35(43)14-23(33)19-37-25-8-5-9-26(16-25)38-20-24-15-36(44)28(18-34(24)42)32-13-22-7-2-4-11-30(22)40-32;41-32-14-26(30-9-20-5-1-3-7-28(20)39-30)34(43)11-22(32)16-37-24-13-25(19-36-18-24)38-17-23-12-35(44)27(15-33(23)42)31-10-21-6-2-4-8-29(21)40-31;41-31-15-25(29-11-20-5-1-3-7-27(20)39-29)33(43)13-22(31)17-36-24-9-10-35(38-19-24)37-18-23-14-34(44)26(16-32(23)42)30-12-21-6-2-4-8-28(21)40-30;6*1-2;;;;;;/h1-7,10-11,14-18,41-44H,12-13H2;1-8,11-15,41-44H,9-10H2;1-9,13-16,41-44H,11-12H2;6*1-2H3;;;;;;/q3*-4;;;;;;;;;;;;. The maximum absolute atomic E-state index is 10.7. The molecule has 0 amide bonds. The van der Waals surface area contributed by atoms with Crippen molar-refractivity contribution >= 4 is 140 Å². The van der Waals surface area contributed by atoms with Crippen molar-refractivity contribution in [1.82, 2.24) is 9.97 Å². The molecule has 13 aromatic carbocycles. The van der Waals surface area contributed by atoms with Gasteiger partial charge in [-0.2, -0.15) is 11.9 Å². The van der Waals surface area contributed by atoms with Crippen LogP contribution in [0.25, 0.3) is 0 Å². The van der Waals surface area contributed by atoms with Crippen LogP contribution in [-0.4, -0.2) is 143 Å². The molecule has 0 fully saturated rings. The van der Waals surface area contributed by atoms with Crippen molar-refractivity contribution < 1.29 is 258 Å². The van der Waals surface area contributed by atoms with E-state index in [0.29, 0.717) is 118 Å². The van der Waals surface area contributed by atoms with Crippen LogP contribution in [0.3, 0.4) is 0 Å². The number of aromatic nitrogens is 2. The third-order valence-corrected chi connectivity index (χ3v) is 21.9. The second-order valence-electron chi connectivity index (χ2n) is 30.7. The molecule has 0 atom stereocenters. The van der Waals surface area contributed by atoms with Crippen molar-refractivity contribution in [2.75, 3.05) is 0 Å². The minimum Gasteiger partial charge on any atom is -0.559 e. The number of pyridine rings is 2. The molecule has 6 aliphatic heterocycles. The van der Waals surface area contributed by atoms with Crippen LogP contribution in [0, 0.1) is 36.8 Å². The summed E-state index contributed by atoms with van der Waals surface area (Å²) in [5.74, 6) is -0.933. The third kappa shape index (κ3) is 31.4. The van der Waals surface area contributed by atoms with Crippen LogP contribution >= 0.6 is 0 Å². The molecule has 150 heavy (non-hydrogen) atoms. The Bertz CT molecular complexity index is 6940. The number of para-hydroxylation sites is 6. The number of benzene rings is 13. The van der Waals surface area contributed by atoms with Gasteiger partial charge in [-0.1, -0.05) is 298 Å². The van der Waals surface area contributed by atoms with E-state index < -0.39 is 0 Å². The first-order valence-corrected chi connectivity index (χ1v) is 46.9. The third-order valence-electron chi connectivity index (χ3n) is 21.9. The Morgan fingerprint density at radius 2 is 0.420 bits per heavy atom. The van der Waals surface area contributed by atoms with E-state index in [1.165, 1.54) is 91.0 Å². The maximum Gasteiger partial charge on any atom is 0.0835 e. The van der Waals surface area contributed by atoms with Crippen molar-refractivity contribution in [3.8, 4) is 69.0 Å².